The first-order chi connectivity index (χ1) is 12.5. The van der Waals surface area contributed by atoms with E-state index in [-0.39, 0.29) is 12.3 Å². The number of benzene rings is 2. The van der Waals surface area contributed by atoms with Crippen LogP contribution in [0, 0.1) is 0 Å². The number of nitrogens with zero attached hydrogens (tertiary/aromatic N) is 1. The van der Waals surface area contributed by atoms with Gasteiger partial charge in [0, 0.05) is 5.56 Å². The molecule has 0 N–H and O–H groups in total. The summed E-state index contributed by atoms with van der Waals surface area (Å²) >= 11 is 0. The maximum Gasteiger partial charge on any atom is 0.420 e. The van der Waals surface area contributed by atoms with Gasteiger partial charge in [-0.1, -0.05) is 12.1 Å². The van der Waals surface area contributed by atoms with E-state index < -0.39 is 17.8 Å². The number of aromatic nitrogens is 1. The molecular formula is C19H17NO6. The van der Waals surface area contributed by atoms with Gasteiger partial charge in [0.25, 0.3) is 0 Å². The van der Waals surface area contributed by atoms with Crippen molar-refractivity contribution in [3.8, 4) is 5.75 Å². The van der Waals surface area contributed by atoms with E-state index in [1.807, 2.05) is 0 Å². The number of carbonyl (C=O) groups excluding carboxylic acids is 2. The number of hydrogen-bond donors (Lipinski definition) is 0. The highest BCUT2D eigenvalue weighted by atomic mass is 16.5. The first-order valence-electron chi connectivity index (χ1n) is 7.95. The molecule has 0 aliphatic rings. The molecule has 0 aliphatic carbocycles. The number of rotatable bonds is 6. The van der Waals surface area contributed by atoms with Crippen LogP contribution >= 0.6 is 0 Å². The van der Waals surface area contributed by atoms with Gasteiger partial charge >= 0.3 is 11.7 Å². The van der Waals surface area contributed by atoms with Gasteiger partial charge in [0.2, 0.25) is 5.78 Å². The molecule has 0 unspecified atom stereocenters. The highest BCUT2D eigenvalue weighted by Crippen LogP contribution is 2.15. The van der Waals surface area contributed by atoms with Gasteiger partial charge in [-0.3, -0.25) is 14.2 Å². The van der Waals surface area contributed by atoms with Gasteiger partial charge in [0.1, 0.15) is 12.3 Å². The summed E-state index contributed by atoms with van der Waals surface area (Å²) in [4.78, 5) is 36.4. The Kier molecular flexibility index (Phi) is 4.88. The lowest BCUT2D eigenvalue weighted by Gasteiger charge is -2.12. The van der Waals surface area contributed by atoms with Crippen molar-refractivity contribution in [3.63, 3.8) is 0 Å². The monoisotopic (exact) mass is 355 g/mol. The second-order valence-corrected chi connectivity index (χ2v) is 5.65. The number of esters is 1. The quantitative estimate of drug-likeness (QED) is 0.498. The van der Waals surface area contributed by atoms with Crippen LogP contribution in [0.15, 0.2) is 57.7 Å². The van der Waals surface area contributed by atoms with Crippen LogP contribution in [0.4, 0.5) is 0 Å². The van der Waals surface area contributed by atoms with Gasteiger partial charge in [0.15, 0.2) is 11.7 Å². The Morgan fingerprint density at radius 1 is 1.12 bits per heavy atom. The third-order valence-electron chi connectivity index (χ3n) is 3.91. The fourth-order valence-corrected chi connectivity index (χ4v) is 2.57. The van der Waals surface area contributed by atoms with Gasteiger partial charge in [0.05, 0.1) is 12.6 Å². The molecule has 0 aliphatic heterocycles. The lowest BCUT2D eigenvalue weighted by molar-refractivity contribution is -0.147. The average Bonchev–Trinajstić information content (AvgIpc) is 2.96. The van der Waals surface area contributed by atoms with Gasteiger partial charge < -0.3 is 13.9 Å². The van der Waals surface area contributed by atoms with Crippen LogP contribution in [0.3, 0.4) is 0 Å². The van der Waals surface area contributed by atoms with Gasteiger partial charge in [-0.25, -0.2) is 4.79 Å². The molecule has 26 heavy (non-hydrogen) atoms. The number of para-hydroxylation sites is 2. The van der Waals surface area contributed by atoms with E-state index in [0.717, 1.165) is 0 Å². The summed E-state index contributed by atoms with van der Waals surface area (Å²) in [5, 5.41) is 0. The average molecular weight is 355 g/mol. The highest BCUT2D eigenvalue weighted by molar-refractivity contribution is 6.00. The van der Waals surface area contributed by atoms with Crippen molar-refractivity contribution in [3.05, 3.63) is 64.6 Å². The number of ether oxygens (including phenoxy) is 2. The minimum Gasteiger partial charge on any atom is -0.497 e. The summed E-state index contributed by atoms with van der Waals surface area (Å²) in [6.07, 6.45) is -0.982. The van der Waals surface area contributed by atoms with E-state index in [0.29, 0.717) is 22.4 Å². The van der Waals surface area contributed by atoms with Crippen molar-refractivity contribution in [2.45, 2.75) is 19.6 Å². The van der Waals surface area contributed by atoms with Crippen LogP contribution in [0.2, 0.25) is 0 Å². The summed E-state index contributed by atoms with van der Waals surface area (Å²) in [5.41, 5.74) is 1.27. The van der Waals surface area contributed by atoms with E-state index >= 15 is 0 Å². The molecule has 0 amide bonds. The number of hydrogen-bond acceptors (Lipinski definition) is 6. The minimum atomic E-state index is -0.982. The molecule has 7 nitrogen and oxygen atoms in total. The van der Waals surface area contributed by atoms with Crippen molar-refractivity contribution >= 4 is 22.9 Å². The lowest BCUT2D eigenvalue weighted by Crippen LogP contribution is -2.28. The Labute approximate surface area is 148 Å². The summed E-state index contributed by atoms with van der Waals surface area (Å²) < 4.78 is 16.5. The number of methoxy groups -OCH3 is 1. The molecule has 1 heterocycles. The maximum absolute atomic E-state index is 12.4. The fourth-order valence-electron chi connectivity index (χ4n) is 2.57. The summed E-state index contributed by atoms with van der Waals surface area (Å²) in [5.74, 6) is -1.08. The second kappa shape index (κ2) is 7.26. The predicted molar refractivity (Wildman–Crippen MR) is 93.4 cm³/mol. The van der Waals surface area contributed by atoms with E-state index in [1.165, 1.54) is 18.6 Å². The molecule has 0 radical (unpaired) electrons. The van der Waals surface area contributed by atoms with E-state index in [9.17, 15) is 14.4 Å². The van der Waals surface area contributed by atoms with E-state index in [2.05, 4.69) is 0 Å². The molecule has 0 spiro atoms. The summed E-state index contributed by atoms with van der Waals surface area (Å²) in [6.45, 7) is 1.15. The van der Waals surface area contributed by atoms with Crippen molar-refractivity contribution in [2.75, 3.05) is 7.11 Å². The third-order valence-corrected chi connectivity index (χ3v) is 3.91. The lowest BCUT2D eigenvalue weighted by atomic mass is 10.1. The first kappa shape index (κ1) is 17.5. The zero-order chi connectivity index (χ0) is 18.7. The molecule has 0 saturated carbocycles. The summed E-state index contributed by atoms with van der Waals surface area (Å²) in [7, 11) is 1.53. The molecule has 134 valence electrons. The predicted octanol–water partition coefficient (Wildman–Crippen LogP) is 2.42. The van der Waals surface area contributed by atoms with Crippen LogP contribution in [0.1, 0.15) is 17.3 Å². The van der Waals surface area contributed by atoms with Crippen LogP contribution in [-0.2, 0) is 16.1 Å². The van der Waals surface area contributed by atoms with E-state index in [4.69, 9.17) is 13.9 Å². The fraction of sp³-hybridized carbons (Fsp3) is 0.211. The number of oxazole rings is 1. The number of ketones is 1. The van der Waals surface area contributed by atoms with Crippen molar-refractivity contribution in [1.82, 2.24) is 4.57 Å². The topological polar surface area (TPSA) is 87.7 Å². The van der Waals surface area contributed by atoms with Crippen LogP contribution in [0.25, 0.3) is 11.1 Å². The molecule has 3 rings (SSSR count). The van der Waals surface area contributed by atoms with Gasteiger partial charge in [-0.15, -0.1) is 0 Å². The molecule has 0 saturated heterocycles. The molecule has 2 aromatic carbocycles. The molecule has 1 aromatic heterocycles. The smallest absolute Gasteiger partial charge is 0.420 e. The van der Waals surface area contributed by atoms with Crippen molar-refractivity contribution in [1.29, 1.82) is 0 Å². The van der Waals surface area contributed by atoms with Gasteiger partial charge in [-0.05, 0) is 43.3 Å². The molecular weight excluding hydrogens is 338 g/mol. The molecule has 7 heteroatoms. The Bertz CT molecular complexity index is 999. The number of Topliss-reactive ketones (excluding diaryl/α,β-unsaturated/α-hetero) is 1. The van der Waals surface area contributed by atoms with Crippen LogP contribution in [-0.4, -0.2) is 29.5 Å². The SMILES string of the molecule is COc1ccc(C(=O)[C@H](C)OC(=O)Cn2c(=O)oc3ccccc32)cc1. The number of fused-ring (bicyclic) bond motifs is 1. The Morgan fingerprint density at radius 2 is 1.81 bits per heavy atom. The molecule has 0 fully saturated rings. The first-order valence-corrected chi connectivity index (χ1v) is 7.95. The zero-order valence-electron chi connectivity index (χ0n) is 14.3. The highest BCUT2D eigenvalue weighted by Gasteiger charge is 2.21. The van der Waals surface area contributed by atoms with Crippen molar-refractivity contribution < 1.29 is 23.5 Å². The normalized spacial score (nSPS) is 11.9. The number of carbonyl (C=O) groups is 2. The largest absolute Gasteiger partial charge is 0.497 e. The Hall–Kier alpha value is -3.35. The van der Waals surface area contributed by atoms with E-state index in [1.54, 1.807) is 48.5 Å². The molecule has 3 aromatic rings. The zero-order valence-corrected chi connectivity index (χ0v) is 14.3. The van der Waals surface area contributed by atoms with Crippen LogP contribution in [0.5, 0.6) is 5.75 Å². The van der Waals surface area contributed by atoms with Crippen molar-refractivity contribution in [2.24, 2.45) is 0 Å². The minimum absolute atomic E-state index is 0.337. The molecule has 1 atom stereocenters. The Morgan fingerprint density at radius 3 is 2.50 bits per heavy atom. The third kappa shape index (κ3) is 3.51. The van der Waals surface area contributed by atoms with Gasteiger partial charge in [-0.2, -0.15) is 0 Å². The summed E-state index contributed by atoms with van der Waals surface area (Å²) in [6, 6.07) is 13.3. The maximum atomic E-state index is 12.4. The van der Waals surface area contributed by atoms with Crippen LogP contribution < -0.4 is 10.5 Å². The second-order valence-electron chi connectivity index (χ2n) is 5.65. The Balaban J connectivity index is 1.69. The standard InChI is InChI=1S/C19H17NO6/c1-12(18(22)13-7-9-14(24-2)10-8-13)25-17(21)11-20-15-5-3-4-6-16(15)26-19(20)23/h3-10,12H,11H2,1-2H3/t12-/m0/s1. The molecule has 0 bridgehead atoms.